The standard InChI is InChI=1S/C16H22N4O2/c21-16(7-4-8-17-11-16)12-18-10-14-19-15(22-20-14)9-13-5-2-1-3-6-13/h1-3,5-6,17-18,21H,4,7-12H2/t16-/m0/s1. The largest absolute Gasteiger partial charge is 0.387 e. The summed E-state index contributed by atoms with van der Waals surface area (Å²) >= 11 is 0. The van der Waals surface area contributed by atoms with Gasteiger partial charge in [0.25, 0.3) is 0 Å². The molecule has 3 rings (SSSR count). The monoisotopic (exact) mass is 302 g/mol. The molecular formula is C16H22N4O2. The molecule has 1 aromatic carbocycles. The topological polar surface area (TPSA) is 83.2 Å². The zero-order valence-corrected chi connectivity index (χ0v) is 12.6. The van der Waals surface area contributed by atoms with Crippen molar-refractivity contribution in [3.05, 3.63) is 47.6 Å². The van der Waals surface area contributed by atoms with E-state index in [1.54, 1.807) is 0 Å². The predicted molar refractivity (Wildman–Crippen MR) is 82.3 cm³/mol. The molecule has 1 aromatic heterocycles. The van der Waals surface area contributed by atoms with Crippen LogP contribution in [0.4, 0.5) is 0 Å². The maximum atomic E-state index is 10.4. The van der Waals surface area contributed by atoms with E-state index in [1.807, 2.05) is 30.3 Å². The molecule has 0 spiro atoms. The van der Waals surface area contributed by atoms with Crippen LogP contribution in [0, 0.1) is 0 Å². The minimum Gasteiger partial charge on any atom is -0.387 e. The smallest absolute Gasteiger partial charge is 0.231 e. The Bertz CT molecular complexity index is 579. The molecule has 0 amide bonds. The first-order chi connectivity index (χ1) is 10.7. The molecule has 2 aromatic rings. The highest BCUT2D eigenvalue weighted by Crippen LogP contribution is 2.14. The van der Waals surface area contributed by atoms with Gasteiger partial charge in [0.2, 0.25) is 5.89 Å². The second-order valence-corrected chi connectivity index (χ2v) is 5.87. The lowest BCUT2D eigenvalue weighted by Crippen LogP contribution is -2.51. The van der Waals surface area contributed by atoms with Gasteiger partial charge in [-0.2, -0.15) is 4.98 Å². The number of benzene rings is 1. The van der Waals surface area contributed by atoms with E-state index < -0.39 is 5.60 Å². The zero-order chi connectivity index (χ0) is 15.3. The fourth-order valence-corrected chi connectivity index (χ4v) is 2.71. The van der Waals surface area contributed by atoms with E-state index in [4.69, 9.17) is 4.52 Å². The quantitative estimate of drug-likeness (QED) is 0.734. The summed E-state index contributed by atoms with van der Waals surface area (Å²) in [6.07, 6.45) is 2.46. The molecule has 0 unspecified atom stereocenters. The van der Waals surface area contributed by atoms with Crippen LogP contribution < -0.4 is 10.6 Å². The fraction of sp³-hybridized carbons (Fsp3) is 0.500. The molecule has 3 N–H and O–H groups in total. The molecule has 22 heavy (non-hydrogen) atoms. The summed E-state index contributed by atoms with van der Waals surface area (Å²) in [5, 5.41) is 20.8. The highest BCUT2D eigenvalue weighted by molar-refractivity contribution is 5.17. The lowest BCUT2D eigenvalue weighted by molar-refractivity contribution is 0.0167. The van der Waals surface area contributed by atoms with Gasteiger partial charge in [-0.1, -0.05) is 35.5 Å². The molecule has 1 fully saturated rings. The molecule has 2 heterocycles. The summed E-state index contributed by atoms with van der Waals surface area (Å²) in [5.41, 5.74) is 0.475. The van der Waals surface area contributed by atoms with Gasteiger partial charge in [0.1, 0.15) is 0 Å². The van der Waals surface area contributed by atoms with Gasteiger partial charge in [0.05, 0.1) is 18.6 Å². The third-order valence-corrected chi connectivity index (χ3v) is 3.90. The number of hydrogen-bond donors (Lipinski definition) is 3. The van der Waals surface area contributed by atoms with Gasteiger partial charge >= 0.3 is 0 Å². The minimum atomic E-state index is -0.672. The molecule has 118 valence electrons. The zero-order valence-electron chi connectivity index (χ0n) is 12.6. The van der Waals surface area contributed by atoms with Crippen molar-refractivity contribution in [2.75, 3.05) is 19.6 Å². The van der Waals surface area contributed by atoms with Crippen molar-refractivity contribution in [1.29, 1.82) is 0 Å². The summed E-state index contributed by atoms with van der Waals surface area (Å²) in [5.74, 6) is 1.24. The van der Waals surface area contributed by atoms with Crippen molar-refractivity contribution in [1.82, 2.24) is 20.8 Å². The lowest BCUT2D eigenvalue weighted by Gasteiger charge is -2.32. The number of β-amino-alcohol motifs (C(OH)–C–C–N with tert-alkyl or cyclic N) is 1. The molecule has 0 bridgehead atoms. The number of nitrogens with zero attached hydrogens (tertiary/aromatic N) is 2. The Morgan fingerprint density at radius 1 is 1.32 bits per heavy atom. The van der Waals surface area contributed by atoms with E-state index in [9.17, 15) is 5.11 Å². The van der Waals surface area contributed by atoms with Crippen LogP contribution in [0.2, 0.25) is 0 Å². The van der Waals surface area contributed by atoms with Gasteiger partial charge in [0.15, 0.2) is 5.82 Å². The molecule has 1 atom stereocenters. The summed E-state index contributed by atoms with van der Waals surface area (Å²) in [6, 6.07) is 10.0. The van der Waals surface area contributed by atoms with E-state index in [-0.39, 0.29) is 0 Å². The number of aliphatic hydroxyl groups is 1. The Hall–Kier alpha value is -1.76. The molecule has 1 aliphatic rings. The molecule has 6 heteroatoms. The van der Waals surface area contributed by atoms with Gasteiger partial charge in [-0.15, -0.1) is 0 Å². The first kappa shape index (κ1) is 15.1. The second-order valence-electron chi connectivity index (χ2n) is 5.87. The van der Waals surface area contributed by atoms with Crippen LogP contribution in [0.15, 0.2) is 34.9 Å². The summed E-state index contributed by atoms with van der Waals surface area (Å²) in [7, 11) is 0. The van der Waals surface area contributed by atoms with E-state index in [1.165, 1.54) is 0 Å². The van der Waals surface area contributed by atoms with Crippen LogP contribution >= 0.6 is 0 Å². The number of piperidine rings is 1. The Morgan fingerprint density at radius 2 is 2.18 bits per heavy atom. The van der Waals surface area contributed by atoms with Crippen LogP contribution in [0.25, 0.3) is 0 Å². The van der Waals surface area contributed by atoms with Crippen LogP contribution in [0.3, 0.4) is 0 Å². The number of aromatic nitrogens is 2. The first-order valence-electron chi connectivity index (χ1n) is 7.73. The van der Waals surface area contributed by atoms with Crippen molar-refractivity contribution in [2.45, 2.75) is 31.4 Å². The Morgan fingerprint density at radius 3 is 2.95 bits per heavy atom. The average Bonchev–Trinajstić information content (AvgIpc) is 2.96. The number of hydrogen-bond acceptors (Lipinski definition) is 6. The van der Waals surface area contributed by atoms with Gasteiger partial charge in [0, 0.05) is 13.1 Å². The van der Waals surface area contributed by atoms with Crippen LogP contribution in [-0.4, -0.2) is 40.5 Å². The predicted octanol–water partition coefficient (Wildman–Crippen LogP) is 0.864. The normalized spacial score (nSPS) is 21.9. The maximum absolute atomic E-state index is 10.4. The second kappa shape index (κ2) is 7.00. The van der Waals surface area contributed by atoms with Gasteiger partial charge in [-0.25, -0.2) is 0 Å². The number of nitrogens with one attached hydrogen (secondary N) is 2. The number of rotatable bonds is 6. The Kier molecular flexibility index (Phi) is 4.82. The minimum absolute atomic E-state index is 0.501. The van der Waals surface area contributed by atoms with Crippen molar-refractivity contribution in [3.63, 3.8) is 0 Å². The van der Waals surface area contributed by atoms with Crippen LogP contribution in [0.5, 0.6) is 0 Å². The fourth-order valence-electron chi connectivity index (χ4n) is 2.71. The van der Waals surface area contributed by atoms with Crippen molar-refractivity contribution in [2.24, 2.45) is 0 Å². The third-order valence-electron chi connectivity index (χ3n) is 3.90. The molecule has 6 nitrogen and oxygen atoms in total. The third kappa shape index (κ3) is 4.13. The van der Waals surface area contributed by atoms with E-state index in [0.29, 0.717) is 37.8 Å². The molecule has 1 aliphatic heterocycles. The lowest BCUT2D eigenvalue weighted by atomic mass is 9.94. The molecule has 1 saturated heterocycles. The van der Waals surface area contributed by atoms with Crippen molar-refractivity contribution >= 4 is 0 Å². The first-order valence-corrected chi connectivity index (χ1v) is 7.73. The summed E-state index contributed by atoms with van der Waals surface area (Å²) < 4.78 is 5.26. The van der Waals surface area contributed by atoms with Gasteiger partial charge in [-0.3, -0.25) is 0 Å². The van der Waals surface area contributed by atoms with Crippen LogP contribution in [-0.2, 0) is 13.0 Å². The highest BCUT2D eigenvalue weighted by Gasteiger charge is 2.28. The van der Waals surface area contributed by atoms with E-state index in [0.717, 1.165) is 24.9 Å². The van der Waals surface area contributed by atoms with E-state index >= 15 is 0 Å². The summed E-state index contributed by atoms with van der Waals surface area (Å²) in [4.78, 5) is 4.37. The molecule has 0 aliphatic carbocycles. The molecule has 0 radical (unpaired) electrons. The summed E-state index contributed by atoms with van der Waals surface area (Å²) in [6.45, 7) is 2.64. The van der Waals surface area contributed by atoms with Crippen molar-refractivity contribution in [3.8, 4) is 0 Å². The molecule has 0 saturated carbocycles. The van der Waals surface area contributed by atoms with Gasteiger partial charge < -0.3 is 20.3 Å². The molecular weight excluding hydrogens is 280 g/mol. The Balaban J connectivity index is 1.47. The van der Waals surface area contributed by atoms with Crippen molar-refractivity contribution < 1.29 is 9.63 Å². The Labute approximate surface area is 129 Å². The highest BCUT2D eigenvalue weighted by atomic mass is 16.5. The van der Waals surface area contributed by atoms with Crippen LogP contribution in [0.1, 0.15) is 30.1 Å². The maximum Gasteiger partial charge on any atom is 0.231 e. The van der Waals surface area contributed by atoms with E-state index in [2.05, 4.69) is 20.8 Å². The van der Waals surface area contributed by atoms with Gasteiger partial charge in [-0.05, 0) is 24.9 Å². The SMILES string of the molecule is O[C@@]1(CNCc2noc(Cc3ccccc3)n2)CCCNC1. The average molecular weight is 302 g/mol.